The van der Waals surface area contributed by atoms with Crippen molar-refractivity contribution in [3.05, 3.63) is 35.9 Å². The Morgan fingerprint density at radius 1 is 1.12 bits per heavy atom. The van der Waals surface area contributed by atoms with Crippen molar-refractivity contribution in [2.24, 2.45) is 0 Å². The summed E-state index contributed by atoms with van der Waals surface area (Å²) in [5.74, 6) is 0.678. The molecular weight excluding hydrogens is 198 g/mol. The van der Waals surface area contributed by atoms with Gasteiger partial charge in [-0.1, -0.05) is 30.3 Å². The molecule has 0 bridgehead atoms. The minimum absolute atomic E-state index is 0.678. The molecule has 1 fully saturated rings. The van der Waals surface area contributed by atoms with Crippen LogP contribution in [0.25, 0.3) is 0 Å². The number of hydrogen-bond acceptors (Lipinski definition) is 1. The highest BCUT2D eigenvalue weighted by Gasteiger charge is 2.20. The van der Waals surface area contributed by atoms with Gasteiger partial charge in [0.05, 0.1) is 0 Å². The lowest BCUT2D eigenvalue weighted by molar-refractivity contribution is 0.255. The minimum Gasteiger partial charge on any atom is -0.343 e. The Balaban J connectivity index is 2.02. The van der Waals surface area contributed by atoms with Crippen LogP contribution in [0.1, 0.15) is 18.9 Å². The zero-order chi connectivity index (χ0) is 11.4. The van der Waals surface area contributed by atoms with Crippen LogP contribution >= 0.6 is 0 Å². The zero-order valence-corrected chi connectivity index (χ0v) is 9.82. The summed E-state index contributed by atoms with van der Waals surface area (Å²) in [6.07, 6.45) is 1.16. The highest BCUT2D eigenvalue weighted by molar-refractivity contribution is 5.77. The second-order valence-electron chi connectivity index (χ2n) is 4.16. The van der Waals surface area contributed by atoms with E-state index in [4.69, 9.17) is 5.41 Å². The summed E-state index contributed by atoms with van der Waals surface area (Å²) < 4.78 is 0. The van der Waals surface area contributed by atoms with E-state index in [1.54, 1.807) is 0 Å². The normalized spacial score (nSPS) is 16.7. The molecule has 1 saturated heterocycles. The van der Waals surface area contributed by atoms with Crippen molar-refractivity contribution in [2.75, 3.05) is 19.6 Å². The van der Waals surface area contributed by atoms with Gasteiger partial charge in [0.1, 0.15) is 0 Å². The summed E-state index contributed by atoms with van der Waals surface area (Å²) in [7, 11) is 0. The smallest absolute Gasteiger partial charge is 0.194 e. The lowest BCUT2D eigenvalue weighted by Crippen LogP contribution is -2.49. The Labute approximate surface area is 97.2 Å². The quantitative estimate of drug-likeness (QED) is 0.841. The molecule has 0 saturated carbocycles. The van der Waals surface area contributed by atoms with Crippen LogP contribution in [0.3, 0.4) is 0 Å². The molecule has 0 amide bonds. The molecule has 3 nitrogen and oxygen atoms in total. The minimum atomic E-state index is 0.678. The third-order valence-electron chi connectivity index (χ3n) is 3.05. The molecule has 1 N–H and O–H groups in total. The fourth-order valence-corrected chi connectivity index (χ4v) is 2.13. The number of nitrogens with one attached hydrogen (secondary N) is 1. The molecule has 0 spiro atoms. The van der Waals surface area contributed by atoms with Crippen molar-refractivity contribution in [3.63, 3.8) is 0 Å². The molecule has 1 aromatic rings. The van der Waals surface area contributed by atoms with Gasteiger partial charge in [-0.2, -0.15) is 0 Å². The van der Waals surface area contributed by atoms with Crippen molar-refractivity contribution in [3.8, 4) is 0 Å². The van der Waals surface area contributed by atoms with Crippen molar-refractivity contribution in [2.45, 2.75) is 19.9 Å². The first-order chi connectivity index (χ1) is 7.81. The van der Waals surface area contributed by atoms with Crippen molar-refractivity contribution in [1.82, 2.24) is 9.80 Å². The SMILES string of the molecule is CCN1CCCN(Cc2ccccc2)C1=N. The van der Waals surface area contributed by atoms with Gasteiger partial charge in [-0.15, -0.1) is 0 Å². The van der Waals surface area contributed by atoms with Crippen molar-refractivity contribution in [1.29, 1.82) is 5.41 Å². The highest BCUT2D eigenvalue weighted by atomic mass is 15.4. The van der Waals surface area contributed by atoms with Gasteiger partial charge in [0.25, 0.3) is 0 Å². The van der Waals surface area contributed by atoms with Gasteiger partial charge >= 0.3 is 0 Å². The molecule has 0 radical (unpaired) electrons. The Kier molecular flexibility index (Phi) is 3.44. The first-order valence-electron chi connectivity index (χ1n) is 5.93. The maximum absolute atomic E-state index is 8.10. The average molecular weight is 217 g/mol. The molecule has 86 valence electrons. The monoisotopic (exact) mass is 217 g/mol. The van der Waals surface area contributed by atoms with Crippen LogP contribution in [-0.2, 0) is 6.54 Å². The van der Waals surface area contributed by atoms with Gasteiger partial charge in [-0.25, -0.2) is 0 Å². The fourth-order valence-electron chi connectivity index (χ4n) is 2.13. The van der Waals surface area contributed by atoms with Crippen molar-refractivity contribution >= 4 is 5.96 Å². The van der Waals surface area contributed by atoms with Crippen molar-refractivity contribution < 1.29 is 0 Å². The van der Waals surface area contributed by atoms with E-state index in [-0.39, 0.29) is 0 Å². The Hall–Kier alpha value is -1.51. The molecule has 1 aromatic carbocycles. The van der Waals surface area contributed by atoms with Crippen LogP contribution in [0.2, 0.25) is 0 Å². The zero-order valence-electron chi connectivity index (χ0n) is 9.82. The van der Waals surface area contributed by atoms with E-state index in [1.807, 2.05) is 6.07 Å². The summed E-state index contributed by atoms with van der Waals surface area (Å²) >= 11 is 0. The topological polar surface area (TPSA) is 30.3 Å². The molecule has 3 heteroatoms. The summed E-state index contributed by atoms with van der Waals surface area (Å²) in [6, 6.07) is 10.4. The standard InChI is InChI=1S/C13H19N3/c1-2-15-9-6-10-16(13(15)14)11-12-7-4-3-5-8-12/h3-5,7-8,14H,2,6,9-11H2,1H3. The Morgan fingerprint density at radius 2 is 1.81 bits per heavy atom. The molecule has 1 heterocycles. The molecule has 0 atom stereocenters. The van der Waals surface area contributed by atoms with E-state index in [9.17, 15) is 0 Å². The van der Waals surface area contributed by atoms with Gasteiger partial charge in [-0.3, -0.25) is 5.41 Å². The molecule has 0 aromatic heterocycles. The second-order valence-corrected chi connectivity index (χ2v) is 4.16. The molecule has 1 aliphatic heterocycles. The van der Waals surface area contributed by atoms with E-state index in [0.717, 1.165) is 32.6 Å². The molecule has 16 heavy (non-hydrogen) atoms. The van der Waals surface area contributed by atoms with Gasteiger partial charge in [0, 0.05) is 26.2 Å². The van der Waals surface area contributed by atoms with Gasteiger partial charge in [0.2, 0.25) is 0 Å². The first-order valence-corrected chi connectivity index (χ1v) is 5.93. The summed E-state index contributed by atoms with van der Waals surface area (Å²) in [5, 5.41) is 8.10. The maximum Gasteiger partial charge on any atom is 0.194 e. The third kappa shape index (κ3) is 2.35. The molecule has 2 rings (SSSR count). The van der Waals surface area contributed by atoms with Crippen LogP contribution in [0.15, 0.2) is 30.3 Å². The molecule has 0 aliphatic carbocycles. The highest BCUT2D eigenvalue weighted by Crippen LogP contribution is 2.12. The van der Waals surface area contributed by atoms with Crippen LogP contribution in [0, 0.1) is 5.41 Å². The van der Waals surface area contributed by atoms with Crippen LogP contribution in [-0.4, -0.2) is 35.4 Å². The number of rotatable bonds is 3. The van der Waals surface area contributed by atoms with Gasteiger partial charge in [-0.05, 0) is 18.9 Å². The number of guanidine groups is 1. The molecule has 0 unspecified atom stereocenters. The predicted octanol–water partition coefficient (Wildman–Crippen LogP) is 2.15. The van der Waals surface area contributed by atoms with E-state index < -0.39 is 0 Å². The lowest BCUT2D eigenvalue weighted by Gasteiger charge is -2.37. The largest absolute Gasteiger partial charge is 0.343 e. The van der Waals surface area contributed by atoms with E-state index in [0.29, 0.717) is 5.96 Å². The summed E-state index contributed by atoms with van der Waals surface area (Å²) in [6.45, 7) is 5.94. The average Bonchev–Trinajstić information content (AvgIpc) is 2.33. The molecule has 1 aliphatic rings. The Bertz CT molecular complexity index is 347. The van der Waals surface area contributed by atoms with Crippen LogP contribution in [0.4, 0.5) is 0 Å². The second kappa shape index (κ2) is 5.01. The number of benzene rings is 1. The summed E-state index contributed by atoms with van der Waals surface area (Å²) in [5.41, 5.74) is 1.28. The lowest BCUT2D eigenvalue weighted by atomic mass is 10.2. The number of nitrogens with zero attached hydrogens (tertiary/aromatic N) is 2. The predicted molar refractivity (Wildman–Crippen MR) is 66.4 cm³/mol. The first kappa shape index (κ1) is 11.0. The maximum atomic E-state index is 8.10. The van der Waals surface area contributed by atoms with E-state index >= 15 is 0 Å². The summed E-state index contributed by atoms with van der Waals surface area (Å²) in [4.78, 5) is 4.29. The van der Waals surface area contributed by atoms with E-state index in [2.05, 4.69) is 41.0 Å². The van der Waals surface area contributed by atoms with Gasteiger partial charge < -0.3 is 9.80 Å². The molecular formula is C13H19N3. The third-order valence-corrected chi connectivity index (χ3v) is 3.05. The number of hydrogen-bond donors (Lipinski definition) is 1. The fraction of sp³-hybridized carbons (Fsp3) is 0.462. The Morgan fingerprint density at radius 3 is 2.50 bits per heavy atom. The van der Waals surface area contributed by atoms with Crippen LogP contribution in [0.5, 0.6) is 0 Å². The van der Waals surface area contributed by atoms with Gasteiger partial charge in [0.15, 0.2) is 5.96 Å². The van der Waals surface area contributed by atoms with E-state index in [1.165, 1.54) is 5.56 Å². The van der Waals surface area contributed by atoms with Crippen LogP contribution < -0.4 is 0 Å².